The quantitative estimate of drug-likeness (QED) is 0.528. The molecule has 29 heavy (non-hydrogen) atoms. The molecule has 0 aliphatic carbocycles. The van der Waals surface area contributed by atoms with E-state index in [1.54, 1.807) is 23.6 Å². The molecule has 3 aromatic heterocycles. The van der Waals surface area contributed by atoms with Crippen molar-refractivity contribution in [2.24, 2.45) is 0 Å². The van der Waals surface area contributed by atoms with Crippen LogP contribution in [0, 0.1) is 0 Å². The van der Waals surface area contributed by atoms with Crippen LogP contribution in [-0.4, -0.2) is 31.8 Å². The number of anilines is 1. The van der Waals surface area contributed by atoms with Gasteiger partial charge < -0.3 is 10.5 Å². The maximum Gasteiger partial charge on any atom is 0.210 e. The van der Waals surface area contributed by atoms with E-state index in [0.29, 0.717) is 24.2 Å². The van der Waals surface area contributed by atoms with Crippen molar-refractivity contribution in [1.82, 2.24) is 25.1 Å². The number of aromatic nitrogens is 5. The highest BCUT2D eigenvalue weighted by Gasteiger charge is 2.23. The van der Waals surface area contributed by atoms with Crippen molar-refractivity contribution in [3.8, 4) is 39.0 Å². The van der Waals surface area contributed by atoms with Crippen LogP contribution in [0.15, 0.2) is 36.5 Å². The normalized spacial score (nSPS) is 12.9. The minimum atomic E-state index is 0.296. The molecule has 1 aromatic carbocycles. The van der Waals surface area contributed by atoms with Crippen molar-refractivity contribution in [3.63, 3.8) is 0 Å². The Kier molecular flexibility index (Phi) is 4.28. The molecular weight excluding hydrogens is 384 g/mol. The molecule has 0 unspecified atom stereocenters. The highest BCUT2D eigenvalue weighted by Crippen LogP contribution is 2.41. The highest BCUT2D eigenvalue weighted by molar-refractivity contribution is 7.15. The predicted octanol–water partition coefficient (Wildman–Crippen LogP) is 4.30. The molecule has 0 fully saturated rings. The van der Waals surface area contributed by atoms with Gasteiger partial charge in [0.15, 0.2) is 5.01 Å². The number of ether oxygens (including phenoxy) is 1. The fourth-order valence-electron chi connectivity index (χ4n) is 3.30. The van der Waals surface area contributed by atoms with E-state index in [-0.39, 0.29) is 0 Å². The molecule has 0 spiro atoms. The van der Waals surface area contributed by atoms with Gasteiger partial charge in [-0.15, -0.1) is 11.3 Å². The fourth-order valence-corrected chi connectivity index (χ4v) is 4.29. The van der Waals surface area contributed by atoms with Crippen LogP contribution in [0.1, 0.15) is 30.5 Å². The zero-order valence-electron chi connectivity index (χ0n) is 16.1. The average molecular weight is 404 g/mol. The summed E-state index contributed by atoms with van der Waals surface area (Å²) >= 11 is 1.63. The number of thiazole rings is 1. The fraction of sp³-hybridized carbons (Fsp3) is 0.238. The molecule has 146 valence electrons. The number of H-pyrrole nitrogens is 1. The molecule has 0 bridgehead atoms. The van der Waals surface area contributed by atoms with Crippen LogP contribution in [0.5, 0.6) is 5.75 Å². The number of aromatic amines is 1. The summed E-state index contributed by atoms with van der Waals surface area (Å²) in [4.78, 5) is 14.8. The summed E-state index contributed by atoms with van der Waals surface area (Å²) in [5.41, 5.74) is 9.68. The molecule has 0 atom stereocenters. The van der Waals surface area contributed by atoms with Crippen molar-refractivity contribution >= 4 is 17.2 Å². The zero-order valence-corrected chi connectivity index (χ0v) is 17.0. The number of rotatable bonds is 3. The molecular formula is C21H20N6OS. The summed E-state index contributed by atoms with van der Waals surface area (Å²) in [5, 5.41) is 8.20. The maximum absolute atomic E-state index is 6.04. The Balaban J connectivity index is 1.55. The van der Waals surface area contributed by atoms with E-state index in [1.807, 2.05) is 12.1 Å². The third kappa shape index (κ3) is 3.25. The van der Waals surface area contributed by atoms with E-state index < -0.39 is 0 Å². The van der Waals surface area contributed by atoms with E-state index >= 15 is 0 Å². The van der Waals surface area contributed by atoms with E-state index in [9.17, 15) is 0 Å². The highest BCUT2D eigenvalue weighted by atomic mass is 32.1. The first-order chi connectivity index (χ1) is 14.1. The van der Waals surface area contributed by atoms with Gasteiger partial charge in [0.2, 0.25) is 5.82 Å². The van der Waals surface area contributed by atoms with Crippen molar-refractivity contribution in [1.29, 1.82) is 0 Å². The summed E-state index contributed by atoms with van der Waals surface area (Å²) in [7, 11) is 0. The summed E-state index contributed by atoms with van der Waals surface area (Å²) in [5.74, 6) is 3.15. The lowest BCUT2D eigenvalue weighted by molar-refractivity contribution is 0.327. The van der Waals surface area contributed by atoms with E-state index in [4.69, 9.17) is 15.5 Å². The molecule has 0 amide bonds. The third-order valence-corrected chi connectivity index (χ3v) is 5.99. The van der Waals surface area contributed by atoms with Crippen LogP contribution in [0.3, 0.4) is 0 Å². The maximum atomic E-state index is 6.04. The molecule has 0 saturated carbocycles. The van der Waals surface area contributed by atoms with Crippen molar-refractivity contribution in [2.75, 3.05) is 12.3 Å². The van der Waals surface area contributed by atoms with Crippen LogP contribution < -0.4 is 10.5 Å². The molecule has 4 heterocycles. The Morgan fingerprint density at radius 3 is 2.76 bits per heavy atom. The number of hydrogen-bond donors (Lipinski definition) is 2. The first-order valence-electron chi connectivity index (χ1n) is 9.50. The monoisotopic (exact) mass is 404 g/mol. The average Bonchev–Trinajstić information content (AvgIpc) is 3.33. The topological polar surface area (TPSA) is 103 Å². The second-order valence-electron chi connectivity index (χ2n) is 7.27. The molecule has 3 N–H and O–H groups in total. The van der Waals surface area contributed by atoms with E-state index in [2.05, 4.69) is 46.1 Å². The molecule has 4 aromatic rings. The van der Waals surface area contributed by atoms with Gasteiger partial charge in [0.1, 0.15) is 17.4 Å². The Bertz CT molecular complexity index is 1180. The number of fused-ring (bicyclic) bond motifs is 3. The van der Waals surface area contributed by atoms with Crippen LogP contribution in [0.2, 0.25) is 0 Å². The van der Waals surface area contributed by atoms with Crippen molar-refractivity contribution in [2.45, 2.75) is 26.2 Å². The number of nitrogens with one attached hydrogen (secondary N) is 1. The summed E-state index contributed by atoms with van der Waals surface area (Å²) in [6.07, 6.45) is 2.58. The largest absolute Gasteiger partial charge is 0.492 e. The number of nitrogens with zero attached hydrogens (tertiary/aromatic N) is 4. The number of pyridine rings is 1. The summed E-state index contributed by atoms with van der Waals surface area (Å²) in [6, 6.07) is 9.93. The van der Waals surface area contributed by atoms with Crippen LogP contribution in [0.25, 0.3) is 33.2 Å². The molecule has 1 aliphatic heterocycles. The van der Waals surface area contributed by atoms with Gasteiger partial charge in [-0.3, -0.25) is 5.10 Å². The van der Waals surface area contributed by atoms with Gasteiger partial charge in [-0.2, -0.15) is 5.10 Å². The minimum absolute atomic E-state index is 0.296. The smallest absolute Gasteiger partial charge is 0.210 e. The molecule has 5 rings (SSSR count). The van der Waals surface area contributed by atoms with Crippen LogP contribution in [0.4, 0.5) is 5.82 Å². The Morgan fingerprint density at radius 1 is 1.14 bits per heavy atom. The Hall–Kier alpha value is -3.26. The van der Waals surface area contributed by atoms with E-state index in [0.717, 1.165) is 45.4 Å². The molecule has 7 nitrogen and oxygen atoms in total. The van der Waals surface area contributed by atoms with Gasteiger partial charge in [-0.05, 0) is 29.8 Å². The lowest BCUT2D eigenvalue weighted by atomic mass is 10.0. The van der Waals surface area contributed by atoms with Crippen molar-refractivity contribution in [3.05, 3.63) is 47.2 Å². The molecule has 0 saturated heterocycles. The van der Waals surface area contributed by atoms with Gasteiger partial charge in [0.05, 0.1) is 12.3 Å². The zero-order chi connectivity index (χ0) is 20.0. The van der Waals surface area contributed by atoms with Crippen molar-refractivity contribution < 1.29 is 4.74 Å². The molecule has 8 heteroatoms. The molecule has 0 radical (unpaired) electrons. The van der Waals surface area contributed by atoms with Gasteiger partial charge in [0, 0.05) is 34.5 Å². The lowest BCUT2D eigenvalue weighted by Gasteiger charge is -2.10. The van der Waals surface area contributed by atoms with Gasteiger partial charge in [0.25, 0.3) is 0 Å². The van der Waals surface area contributed by atoms with Gasteiger partial charge in [-0.1, -0.05) is 19.9 Å². The minimum Gasteiger partial charge on any atom is -0.492 e. The first-order valence-corrected chi connectivity index (χ1v) is 10.3. The lowest BCUT2D eigenvalue weighted by Crippen LogP contribution is -1.98. The SMILES string of the molecule is CC(C)c1nc(-c2nc3c(s2)CCOc2cc(-c4ccc(N)nc4)ccc2-3)n[nH]1. The predicted molar refractivity (Wildman–Crippen MR) is 114 cm³/mol. The number of nitrogens with two attached hydrogens (primary N) is 1. The number of benzene rings is 1. The summed E-state index contributed by atoms with van der Waals surface area (Å²) < 4.78 is 6.04. The van der Waals surface area contributed by atoms with Gasteiger partial charge >= 0.3 is 0 Å². The third-order valence-electron chi connectivity index (χ3n) is 4.88. The summed E-state index contributed by atoms with van der Waals surface area (Å²) in [6.45, 7) is 4.78. The number of hydrogen-bond acceptors (Lipinski definition) is 7. The van der Waals surface area contributed by atoms with E-state index in [1.165, 1.54) is 4.88 Å². The second kappa shape index (κ2) is 6.97. The number of nitrogen functional groups attached to an aromatic ring is 1. The van der Waals surface area contributed by atoms with Crippen LogP contribution >= 0.6 is 11.3 Å². The Labute approximate surface area is 172 Å². The van der Waals surface area contributed by atoms with Crippen LogP contribution in [-0.2, 0) is 6.42 Å². The molecule has 1 aliphatic rings. The second-order valence-corrected chi connectivity index (χ2v) is 8.35. The van der Waals surface area contributed by atoms with Gasteiger partial charge in [-0.25, -0.2) is 15.0 Å². The first kappa shape index (κ1) is 17.8. The Morgan fingerprint density at radius 2 is 2.00 bits per heavy atom. The standard InChI is InChI=1S/C21H20N6OS/c1-11(2)19-25-20(27-26-19)21-24-18-14-5-3-12(13-4-6-17(22)23-10-13)9-15(14)28-8-7-16(18)29-21/h3-6,9-11H,7-8H2,1-2H3,(H2,22,23)(H,25,26,27).